The van der Waals surface area contributed by atoms with Crippen molar-refractivity contribution in [2.45, 2.75) is 37.2 Å². The summed E-state index contributed by atoms with van der Waals surface area (Å²) in [5, 5.41) is 4.91. The van der Waals surface area contributed by atoms with Gasteiger partial charge in [-0.2, -0.15) is 9.40 Å². The number of fused-ring (bicyclic) bond motifs is 1. The molecule has 0 aliphatic heterocycles. The standard InChI is InChI=1S/C20H22ClN3O4S/c1-23-18-7-3-6-16(18)17(22-23)13-24(12-15-5-4-10-28-15)29(25,26)20-11-14(21)8-9-19(20)27-2/h4-5,8-11H,3,6-7,12-13H2,1-2H3. The zero-order valence-corrected chi connectivity index (χ0v) is 17.8. The summed E-state index contributed by atoms with van der Waals surface area (Å²) in [6.07, 6.45) is 4.46. The Balaban J connectivity index is 1.76. The highest BCUT2D eigenvalue weighted by molar-refractivity contribution is 7.89. The number of methoxy groups -OCH3 is 1. The number of benzene rings is 1. The molecule has 2 aromatic heterocycles. The lowest BCUT2D eigenvalue weighted by Gasteiger charge is -2.22. The third kappa shape index (κ3) is 3.80. The van der Waals surface area contributed by atoms with Crippen molar-refractivity contribution in [1.29, 1.82) is 0 Å². The summed E-state index contributed by atoms with van der Waals surface area (Å²) in [5.41, 5.74) is 3.09. The molecule has 9 heteroatoms. The number of aryl methyl sites for hydroxylation is 1. The molecule has 0 N–H and O–H groups in total. The van der Waals surface area contributed by atoms with Gasteiger partial charge in [-0.1, -0.05) is 11.6 Å². The van der Waals surface area contributed by atoms with Gasteiger partial charge in [0.2, 0.25) is 10.0 Å². The maximum atomic E-state index is 13.6. The van der Waals surface area contributed by atoms with Gasteiger partial charge in [-0.15, -0.1) is 0 Å². The lowest BCUT2D eigenvalue weighted by atomic mass is 10.2. The van der Waals surface area contributed by atoms with Gasteiger partial charge >= 0.3 is 0 Å². The van der Waals surface area contributed by atoms with E-state index < -0.39 is 10.0 Å². The van der Waals surface area contributed by atoms with E-state index in [1.165, 1.54) is 29.4 Å². The maximum absolute atomic E-state index is 13.6. The summed E-state index contributed by atoms with van der Waals surface area (Å²) >= 11 is 6.09. The van der Waals surface area contributed by atoms with Crippen molar-refractivity contribution in [1.82, 2.24) is 14.1 Å². The Bertz CT molecular complexity index is 1120. The van der Waals surface area contributed by atoms with E-state index >= 15 is 0 Å². The Kier molecular flexibility index (Phi) is 5.42. The summed E-state index contributed by atoms with van der Waals surface area (Å²) < 4.78 is 41.2. The van der Waals surface area contributed by atoms with Crippen LogP contribution in [-0.4, -0.2) is 29.6 Å². The van der Waals surface area contributed by atoms with Gasteiger partial charge in [0.25, 0.3) is 0 Å². The number of sulfonamides is 1. The molecular formula is C20H22ClN3O4S. The van der Waals surface area contributed by atoms with Crippen molar-refractivity contribution in [3.05, 3.63) is 64.3 Å². The van der Waals surface area contributed by atoms with Crippen molar-refractivity contribution in [3.8, 4) is 5.75 Å². The summed E-state index contributed by atoms with van der Waals surface area (Å²) in [7, 11) is -0.597. The number of halogens is 1. The fourth-order valence-electron chi connectivity index (χ4n) is 3.79. The number of nitrogens with zero attached hydrogens (tertiary/aromatic N) is 3. The average Bonchev–Trinajstić information content (AvgIpc) is 3.42. The third-order valence-corrected chi connectivity index (χ3v) is 7.23. The molecule has 0 spiro atoms. The SMILES string of the molecule is COc1ccc(Cl)cc1S(=O)(=O)N(Cc1ccco1)Cc1nn(C)c2c1CCC2. The van der Waals surface area contributed by atoms with Gasteiger partial charge in [0.15, 0.2) is 0 Å². The summed E-state index contributed by atoms with van der Waals surface area (Å²) in [4.78, 5) is 0.0200. The van der Waals surface area contributed by atoms with Gasteiger partial charge in [-0.25, -0.2) is 8.42 Å². The first-order valence-corrected chi connectivity index (χ1v) is 11.1. The number of aromatic nitrogens is 2. The second-order valence-electron chi connectivity index (χ2n) is 7.00. The van der Waals surface area contributed by atoms with E-state index in [-0.39, 0.29) is 23.7 Å². The zero-order chi connectivity index (χ0) is 20.6. The first kappa shape index (κ1) is 20.0. The first-order valence-electron chi connectivity index (χ1n) is 9.30. The highest BCUT2D eigenvalue weighted by atomic mass is 35.5. The molecule has 0 fully saturated rings. The van der Waals surface area contributed by atoms with Crippen LogP contribution >= 0.6 is 11.6 Å². The van der Waals surface area contributed by atoms with Gasteiger partial charge in [0.05, 0.1) is 32.2 Å². The lowest BCUT2D eigenvalue weighted by molar-refractivity contribution is 0.349. The van der Waals surface area contributed by atoms with Crippen LogP contribution in [0.5, 0.6) is 5.75 Å². The van der Waals surface area contributed by atoms with Crippen molar-refractivity contribution >= 4 is 21.6 Å². The van der Waals surface area contributed by atoms with E-state index in [2.05, 4.69) is 5.10 Å². The highest BCUT2D eigenvalue weighted by Gasteiger charge is 2.32. The largest absolute Gasteiger partial charge is 0.495 e. The van der Waals surface area contributed by atoms with E-state index in [9.17, 15) is 8.42 Å². The number of hydrogen-bond acceptors (Lipinski definition) is 5. The molecule has 1 aliphatic carbocycles. The van der Waals surface area contributed by atoms with Crippen molar-refractivity contribution < 1.29 is 17.6 Å². The smallest absolute Gasteiger partial charge is 0.247 e. The number of hydrogen-bond donors (Lipinski definition) is 0. The second kappa shape index (κ2) is 7.85. The molecule has 1 aromatic carbocycles. The fourth-order valence-corrected chi connectivity index (χ4v) is 5.57. The fraction of sp³-hybridized carbons (Fsp3) is 0.350. The summed E-state index contributed by atoms with van der Waals surface area (Å²) in [6.45, 7) is 0.220. The maximum Gasteiger partial charge on any atom is 0.247 e. The third-order valence-electron chi connectivity index (χ3n) is 5.18. The Morgan fingerprint density at radius 1 is 1.28 bits per heavy atom. The van der Waals surface area contributed by atoms with Gasteiger partial charge in [0.1, 0.15) is 16.4 Å². The van der Waals surface area contributed by atoms with Crippen LogP contribution in [0.2, 0.25) is 5.02 Å². The minimum absolute atomic E-state index is 0.0200. The van der Waals surface area contributed by atoms with E-state index in [1.807, 2.05) is 11.7 Å². The van der Waals surface area contributed by atoms with E-state index in [1.54, 1.807) is 24.3 Å². The monoisotopic (exact) mass is 435 g/mol. The van der Waals surface area contributed by atoms with Crippen LogP contribution in [0.25, 0.3) is 0 Å². The predicted molar refractivity (Wildman–Crippen MR) is 108 cm³/mol. The molecule has 3 aromatic rings. The molecule has 29 heavy (non-hydrogen) atoms. The van der Waals surface area contributed by atoms with E-state index in [0.29, 0.717) is 10.8 Å². The molecule has 0 atom stereocenters. The molecule has 1 aliphatic rings. The van der Waals surface area contributed by atoms with Crippen LogP contribution < -0.4 is 4.74 Å². The number of ether oxygens (including phenoxy) is 1. The molecule has 0 unspecified atom stereocenters. The van der Waals surface area contributed by atoms with Gasteiger partial charge < -0.3 is 9.15 Å². The molecule has 2 heterocycles. The van der Waals surface area contributed by atoms with Crippen molar-refractivity contribution in [2.75, 3.05) is 7.11 Å². The van der Waals surface area contributed by atoms with Crippen LogP contribution in [0.15, 0.2) is 45.9 Å². The van der Waals surface area contributed by atoms with E-state index in [4.69, 9.17) is 20.8 Å². The summed E-state index contributed by atoms with van der Waals surface area (Å²) in [5.74, 6) is 0.784. The molecule has 0 radical (unpaired) electrons. The van der Waals surface area contributed by atoms with Gasteiger partial charge in [0, 0.05) is 17.8 Å². The Morgan fingerprint density at radius 2 is 2.10 bits per heavy atom. The number of rotatable bonds is 7. The van der Waals surface area contributed by atoms with E-state index in [0.717, 1.165) is 30.5 Å². The van der Waals surface area contributed by atoms with Crippen LogP contribution in [0.1, 0.15) is 29.1 Å². The van der Waals surface area contributed by atoms with Gasteiger partial charge in [-0.3, -0.25) is 4.68 Å². The molecular weight excluding hydrogens is 414 g/mol. The summed E-state index contributed by atoms with van der Waals surface area (Å²) in [6, 6.07) is 8.05. The normalized spacial score (nSPS) is 13.8. The van der Waals surface area contributed by atoms with Crippen LogP contribution in [-0.2, 0) is 43.0 Å². The molecule has 0 bridgehead atoms. The van der Waals surface area contributed by atoms with Crippen LogP contribution in [0.3, 0.4) is 0 Å². The topological polar surface area (TPSA) is 77.6 Å². The molecule has 154 valence electrons. The first-order chi connectivity index (χ1) is 13.9. The van der Waals surface area contributed by atoms with Crippen LogP contribution in [0, 0.1) is 0 Å². The number of furan rings is 1. The van der Waals surface area contributed by atoms with Gasteiger partial charge in [-0.05, 0) is 55.2 Å². The Morgan fingerprint density at radius 3 is 2.83 bits per heavy atom. The van der Waals surface area contributed by atoms with Crippen LogP contribution in [0.4, 0.5) is 0 Å². The lowest BCUT2D eigenvalue weighted by Crippen LogP contribution is -2.31. The molecule has 0 amide bonds. The molecule has 4 rings (SSSR count). The van der Waals surface area contributed by atoms with Crippen molar-refractivity contribution in [3.63, 3.8) is 0 Å². The zero-order valence-electron chi connectivity index (χ0n) is 16.3. The molecule has 0 saturated carbocycles. The Hall–Kier alpha value is -2.29. The Labute approximate surface area is 174 Å². The quantitative estimate of drug-likeness (QED) is 0.567. The minimum atomic E-state index is -3.93. The average molecular weight is 436 g/mol. The van der Waals surface area contributed by atoms with Crippen molar-refractivity contribution in [2.24, 2.45) is 7.05 Å². The molecule has 7 nitrogen and oxygen atoms in total. The molecule has 0 saturated heterocycles. The highest BCUT2D eigenvalue weighted by Crippen LogP contribution is 2.33. The second-order valence-corrected chi connectivity index (χ2v) is 9.34. The minimum Gasteiger partial charge on any atom is -0.495 e. The predicted octanol–water partition coefficient (Wildman–Crippen LogP) is 3.55.